The third kappa shape index (κ3) is 2.97. The van der Waals surface area contributed by atoms with E-state index in [-0.39, 0.29) is 5.82 Å². The lowest BCUT2D eigenvalue weighted by Crippen LogP contribution is -2.08. The predicted octanol–water partition coefficient (Wildman–Crippen LogP) is 6.04. The minimum atomic E-state index is -0.354. The van der Waals surface area contributed by atoms with Crippen LogP contribution < -0.4 is 5.32 Å². The van der Waals surface area contributed by atoms with E-state index in [9.17, 15) is 4.39 Å². The molecule has 0 fully saturated rings. The molecule has 0 aliphatic carbocycles. The van der Waals surface area contributed by atoms with Crippen molar-refractivity contribution in [3.63, 3.8) is 0 Å². The van der Waals surface area contributed by atoms with Crippen molar-refractivity contribution >= 4 is 29.0 Å². The molecule has 0 unspecified atom stereocenters. The molecule has 1 aliphatic rings. The summed E-state index contributed by atoms with van der Waals surface area (Å²) in [5.41, 5.74) is 4.52. The molecule has 1 aliphatic heterocycles. The highest BCUT2D eigenvalue weighted by Gasteiger charge is 2.24. The molecule has 26 heavy (non-hydrogen) atoms. The van der Waals surface area contributed by atoms with E-state index in [1.54, 1.807) is 6.07 Å². The normalized spacial score (nSPS) is 13.8. The number of fused-ring (bicyclic) bond motifs is 1. The zero-order valence-electron chi connectivity index (χ0n) is 14.3. The number of rotatable bonds is 2. The Labute approximate surface area is 161 Å². The largest absolute Gasteiger partial charge is 0.370 e. The first-order valence-corrected chi connectivity index (χ1v) is 9.38. The summed E-state index contributed by atoms with van der Waals surface area (Å²) in [7, 11) is 0. The summed E-state index contributed by atoms with van der Waals surface area (Å²) in [6, 6.07) is 10.2. The van der Waals surface area contributed by atoms with Gasteiger partial charge in [0.1, 0.15) is 11.6 Å². The van der Waals surface area contributed by atoms with Crippen LogP contribution in [0.5, 0.6) is 0 Å². The minimum Gasteiger partial charge on any atom is -0.370 e. The van der Waals surface area contributed by atoms with E-state index in [1.807, 2.05) is 29.8 Å². The van der Waals surface area contributed by atoms with Crippen molar-refractivity contribution < 1.29 is 4.39 Å². The quantitative estimate of drug-likeness (QED) is 0.578. The van der Waals surface area contributed by atoms with E-state index in [2.05, 4.69) is 5.32 Å². The summed E-state index contributed by atoms with van der Waals surface area (Å²) >= 11 is 12.6. The van der Waals surface area contributed by atoms with Crippen LogP contribution in [-0.2, 0) is 6.42 Å². The van der Waals surface area contributed by atoms with Crippen LogP contribution in [0.2, 0.25) is 10.0 Å². The van der Waals surface area contributed by atoms with Gasteiger partial charge < -0.3 is 5.32 Å². The van der Waals surface area contributed by atoms with E-state index < -0.39 is 0 Å². The fourth-order valence-electron chi connectivity index (χ4n) is 3.40. The Hall–Kier alpha value is -2.04. The molecule has 0 atom stereocenters. The van der Waals surface area contributed by atoms with Crippen molar-refractivity contribution in [2.75, 3.05) is 11.9 Å². The van der Waals surface area contributed by atoms with Crippen molar-refractivity contribution in [3.05, 3.63) is 63.4 Å². The maximum atomic E-state index is 13.5. The average Bonchev–Trinajstić information content (AvgIpc) is 2.79. The summed E-state index contributed by atoms with van der Waals surface area (Å²) in [4.78, 5) is 0. The third-order valence-corrected chi connectivity index (χ3v) is 5.51. The summed E-state index contributed by atoms with van der Waals surface area (Å²) < 4.78 is 15.4. The van der Waals surface area contributed by atoms with Crippen molar-refractivity contribution in [3.8, 4) is 16.9 Å². The van der Waals surface area contributed by atoms with Crippen molar-refractivity contribution in [1.29, 1.82) is 0 Å². The molecule has 0 bridgehead atoms. The lowest BCUT2D eigenvalue weighted by Gasteiger charge is -2.12. The van der Waals surface area contributed by atoms with Crippen molar-refractivity contribution in [1.82, 2.24) is 9.78 Å². The van der Waals surface area contributed by atoms with Gasteiger partial charge in [0.05, 0.1) is 16.4 Å². The average molecular weight is 390 g/mol. The zero-order valence-corrected chi connectivity index (χ0v) is 15.8. The number of aromatic nitrogens is 2. The molecule has 0 saturated heterocycles. The molecule has 2 heterocycles. The van der Waals surface area contributed by atoms with Crippen LogP contribution >= 0.6 is 23.2 Å². The fourth-order valence-corrected chi connectivity index (χ4v) is 3.83. The molecular formula is C20H18Cl2FN3. The van der Waals surface area contributed by atoms with Crippen LogP contribution in [0, 0.1) is 12.7 Å². The molecule has 4 rings (SSSR count). The number of halogens is 3. The van der Waals surface area contributed by atoms with Gasteiger partial charge in [-0.05, 0) is 62.1 Å². The van der Waals surface area contributed by atoms with Gasteiger partial charge in [0.2, 0.25) is 0 Å². The fraction of sp³-hybridized carbons (Fsp3) is 0.250. The van der Waals surface area contributed by atoms with E-state index in [0.29, 0.717) is 10.0 Å². The van der Waals surface area contributed by atoms with Gasteiger partial charge >= 0.3 is 0 Å². The molecule has 0 saturated carbocycles. The SMILES string of the molecule is Cc1c(Cl)cccc1-n1nc(-c2ccc(F)cc2Cl)c2c1NCCCC2. The first kappa shape index (κ1) is 17.4. The summed E-state index contributed by atoms with van der Waals surface area (Å²) in [5.74, 6) is 0.608. The lowest BCUT2D eigenvalue weighted by molar-refractivity contribution is 0.628. The number of hydrogen-bond donors (Lipinski definition) is 1. The van der Waals surface area contributed by atoms with Crippen LogP contribution in [0.25, 0.3) is 16.9 Å². The van der Waals surface area contributed by atoms with Gasteiger partial charge in [-0.2, -0.15) is 5.10 Å². The van der Waals surface area contributed by atoms with E-state index >= 15 is 0 Å². The molecule has 3 nitrogen and oxygen atoms in total. The van der Waals surface area contributed by atoms with Crippen molar-refractivity contribution in [2.45, 2.75) is 26.2 Å². The second kappa shape index (κ2) is 6.93. The predicted molar refractivity (Wildman–Crippen MR) is 105 cm³/mol. The lowest BCUT2D eigenvalue weighted by atomic mass is 10.0. The molecule has 1 N–H and O–H groups in total. The van der Waals surface area contributed by atoms with Crippen molar-refractivity contribution in [2.24, 2.45) is 0 Å². The van der Waals surface area contributed by atoms with Gasteiger partial charge in [-0.1, -0.05) is 29.3 Å². The highest BCUT2D eigenvalue weighted by molar-refractivity contribution is 6.33. The number of nitrogens with one attached hydrogen (secondary N) is 1. The van der Waals surface area contributed by atoms with Gasteiger partial charge in [0.25, 0.3) is 0 Å². The zero-order chi connectivity index (χ0) is 18.3. The smallest absolute Gasteiger partial charge is 0.133 e. The Morgan fingerprint density at radius 1 is 1.12 bits per heavy atom. The maximum absolute atomic E-state index is 13.5. The van der Waals surface area contributed by atoms with Gasteiger partial charge in [-0.25, -0.2) is 9.07 Å². The number of hydrogen-bond acceptors (Lipinski definition) is 2. The monoisotopic (exact) mass is 389 g/mol. The van der Waals surface area contributed by atoms with Crippen LogP contribution in [0.4, 0.5) is 10.2 Å². The van der Waals surface area contributed by atoms with Crippen LogP contribution in [0.3, 0.4) is 0 Å². The van der Waals surface area contributed by atoms with Gasteiger partial charge in [-0.15, -0.1) is 0 Å². The Morgan fingerprint density at radius 3 is 2.77 bits per heavy atom. The minimum absolute atomic E-state index is 0.354. The molecule has 3 aromatic rings. The van der Waals surface area contributed by atoms with Gasteiger partial charge in [0.15, 0.2) is 0 Å². The highest BCUT2D eigenvalue weighted by Crippen LogP contribution is 2.38. The number of benzene rings is 2. The Balaban J connectivity index is 1.96. The summed E-state index contributed by atoms with van der Waals surface area (Å²) in [6.45, 7) is 2.86. The second-order valence-electron chi connectivity index (χ2n) is 6.48. The number of anilines is 1. The Morgan fingerprint density at radius 2 is 1.96 bits per heavy atom. The summed E-state index contributed by atoms with van der Waals surface area (Å²) in [6.07, 6.45) is 3.04. The van der Waals surface area contributed by atoms with E-state index in [1.165, 1.54) is 12.1 Å². The molecule has 2 aromatic carbocycles. The Kier molecular flexibility index (Phi) is 4.63. The summed E-state index contributed by atoms with van der Waals surface area (Å²) in [5, 5.41) is 9.42. The number of nitrogens with zero attached hydrogens (tertiary/aromatic N) is 2. The van der Waals surface area contributed by atoms with Crippen LogP contribution in [-0.4, -0.2) is 16.3 Å². The molecule has 6 heteroatoms. The molecule has 0 radical (unpaired) electrons. The first-order valence-electron chi connectivity index (χ1n) is 8.63. The molecule has 134 valence electrons. The standard InChI is InChI=1S/C20H18Cl2FN3/c1-12-16(21)6-4-7-18(12)26-20-15(5-2-3-10-24-20)19(25-26)14-9-8-13(23)11-17(14)22/h4,6-9,11,24H,2-3,5,10H2,1H3. The maximum Gasteiger partial charge on any atom is 0.133 e. The topological polar surface area (TPSA) is 29.9 Å². The van der Waals surface area contributed by atoms with Crippen LogP contribution in [0.1, 0.15) is 24.0 Å². The van der Waals surface area contributed by atoms with E-state index in [0.717, 1.165) is 59.7 Å². The third-order valence-electron chi connectivity index (χ3n) is 4.78. The molecule has 0 amide bonds. The van der Waals surface area contributed by atoms with E-state index in [4.69, 9.17) is 28.3 Å². The van der Waals surface area contributed by atoms with Gasteiger partial charge in [0, 0.05) is 22.7 Å². The molecule has 0 spiro atoms. The van der Waals surface area contributed by atoms with Gasteiger partial charge in [-0.3, -0.25) is 0 Å². The molecule has 1 aromatic heterocycles. The highest BCUT2D eigenvalue weighted by atomic mass is 35.5. The first-order chi connectivity index (χ1) is 12.6. The molecular weight excluding hydrogens is 372 g/mol. The second-order valence-corrected chi connectivity index (χ2v) is 7.29. The van der Waals surface area contributed by atoms with Crippen LogP contribution in [0.15, 0.2) is 36.4 Å². The Bertz CT molecular complexity index is 981.